The van der Waals surface area contributed by atoms with E-state index in [1.807, 2.05) is 18.2 Å². The first-order valence-electron chi connectivity index (χ1n) is 9.95. The maximum atomic E-state index is 5.38. The van der Waals surface area contributed by atoms with Gasteiger partial charge in [0.1, 0.15) is 0 Å². The third-order valence-electron chi connectivity index (χ3n) is 4.91. The highest BCUT2D eigenvalue weighted by Crippen LogP contribution is 2.27. The van der Waals surface area contributed by atoms with Gasteiger partial charge in [0, 0.05) is 29.7 Å². The van der Waals surface area contributed by atoms with Crippen LogP contribution in [0.15, 0.2) is 47.5 Å². The molecule has 0 spiro atoms. The van der Waals surface area contributed by atoms with Gasteiger partial charge in [-0.25, -0.2) is 4.99 Å². The Morgan fingerprint density at radius 2 is 1.80 bits per heavy atom. The largest absolute Gasteiger partial charge is 0.493 e. The van der Waals surface area contributed by atoms with E-state index in [9.17, 15) is 0 Å². The Labute approximate surface area is 195 Å². The van der Waals surface area contributed by atoms with Crippen molar-refractivity contribution < 1.29 is 9.47 Å². The summed E-state index contributed by atoms with van der Waals surface area (Å²) in [6.07, 6.45) is 0.927. The van der Waals surface area contributed by atoms with Crippen LogP contribution in [0.2, 0.25) is 0 Å². The molecule has 0 saturated heterocycles. The van der Waals surface area contributed by atoms with E-state index < -0.39 is 0 Å². The molecule has 0 saturated carbocycles. The Morgan fingerprint density at radius 3 is 2.53 bits per heavy atom. The normalized spacial score (nSPS) is 11.1. The average molecular weight is 522 g/mol. The zero-order chi connectivity index (χ0) is 20.6. The molecule has 0 atom stereocenters. The van der Waals surface area contributed by atoms with E-state index in [2.05, 4.69) is 53.7 Å². The molecule has 0 amide bonds. The summed E-state index contributed by atoms with van der Waals surface area (Å²) in [7, 11) is 3.28. The van der Waals surface area contributed by atoms with Crippen LogP contribution in [0.4, 0.5) is 0 Å². The smallest absolute Gasteiger partial charge is 0.191 e. The Balaban J connectivity index is 0.00000320. The number of aromatic amines is 1. The molecule has 0 aliphatic carbocycles. The number of aryl methyl sites for hydroxylation is 1. The van der Waals surface area contributed by atoms with Crippen LogP contribution < -0.4 is 20.1 Å². The molecule has 0 aliphatic heterocycles. The number of ether oxygens (including phenoxy) is 2. The van der Waals surface area contributed by atoms with Crippen molar-refractivity contribution in [1.29, 1.82) is 0 Å². The molecule has 162 valence electrons. The van der Waals surface area contributed by atoms with E-state index in [1.54, 1.807) is 14.2 Å². The zero-order valence-electron chi connectivity index (χ0n) is 18.0. The van der Waals surface area contributed by atoms with Crippen LogP contribution in [0.5, 0.6) is 11.5 Å². The lowest BCUT2D eigenvalue weighted by molar-refractivity contribution is 0.354. The van der Waals surface area contributed by atoms with Crippen molar-refractivity contribution in [1.82, 2.24) is 15.6 Å². The topological polar surface area (TPSA) is 70.7 Å². The highest BCUT2D eigenvalue weighted by molar-refractivity contribution is 14.0. The number of aromatic nitrogens is 1. The first-order valence-corrected chi connectivity index (χ1v) is 9.95. The summed E-state index contributed by atoms with van der Waals surface area (Å²) < 4.78 is 10.7. The van der Waals surface area contributed by atoms with Crippen molar-refractivity contribution in [2.75, 3.05) is 27.3 Å². The van der Waals surface area contributed by atoms with Crippen LogP contribution in [0.3, 0.4) is 0 Å². The standard InChI is InChI=1S/C23H30N4O2.HI/c1-5-24-23(26-15-17-10-11-21(28-3)22(14-17)29-4)25-13-12-18-16(2)27-20-9-7-6-8-19(18)20;/h6-11,14,27H,5,12-13,15H2,1-4H3,(H2,24,25,26);1H. The van der Waals surface area contributed by atoms with Gasteiger partial charge in [-0.1, -0.05) is 24.3 Å². The molecule has 7 heteroatoms. The Morgan fingerprint density at radius 1 is 1.03 bits per heavy atom. The van der Waals surface area contributed by atoms with Gasteiger partial charge < -0.3 is 25.1 Å². The molecule has 3 N–H and O–H groups in total. The third kappa shape index (κ3) is 5.81. The van der Waals surface area contributed by atoms with Crippen molar-refractivity contribution in [3.63, 3.8) is 0 Å². The van der Waals surface area contributed by atoms with Crippen molar-refractivity contribution in [3.8, 4) is 11.5 Å². The summed E-state index contributed by atoms with van der Waals surface area (Å²) in [6.45, 7) is 6.37. The number of aliphatic imine (C=N–C) groups is 1. The van der Waals surface area contributed by atoms with Crippen LogP contribution in [0.25, 0.3) is 10.9 Å². The maximum absolute atomic E-state index is 5.38. The van der Waals surface area contributed by atoms with Crippen LogP contribution in [-0.4, -0.2) is 38.3 Å². The number of fused-ring (bicyclic) bond motifs is 1. The number of nitrogens with zero attached hydrogens (tertiary/aromatic N) is 1. The van der Waals surface area contributed by atoms with Gasteiger partial charge in [0.05, 0.1) is 20.8 Å². The highest BCUT2D eigenvalue weighted by Gasteiger charge is 2.08. The van der Waals surface area contributed by atoms with E-state index in [0.717, 1.165) is 36.8 Å². The van der Waals surface area contributed by atoms with Crippen molar-refractivity contribution in [2.24, 2.45) is 4.99 Å². The lowest BCUT2D eigenvalue weighted by Gasteiger charge is -2.12. The first-order chi connectivity index (χ1) is 14.2. The van der Waals surface area contributed by atoms with Crippen LogP contribution in [0, 0.1) is 6.92 Å². The average Bonchev–Trinajstić information content (AvgIpc) is 3.07. The summed E-state index contributed by atoms with van der Waals surface area (Å²) in [5.74, 6) is 2.24. The van der Waals surface area contributed by atoms with Gasteiger partial charge in [-0.15, -0.1) is 24.0 Å². The fraction of sp³-hybridized carbons (Fsp3) is 0.348. The second-order valence-corrected chi connectivity index (χ2v) is 6.84. The van der Waals surface area contributed by atoms with Crippen molar-refractivity contribution in [2.45, 2.75) is 26.8 Å². The van der Waals surface area contributed by atoms with E-state index in [4.69, 9.17) is 14.5 Å². The number of methoxy groups -OCH3 is 2. The number of guanidine groups is 1. The number of hydrogen-bond acceptors (Lipinski definition) is 3. The highest BCUT2D eigenvalue weighted by atomic mass is 127. The lowest BCUT2D eigenvalue weighted by Crippen LogP contribution is -2.38. The van der Waals surface area contributed by atoms with Crippen LogP contribution in [0.1, 0.15) is 23.7 Å². The summed E-state index contributed by atoms with van der Waals surface area (Å²) in [6, 6.07) is 14.3. The molecule has 3 aromatic rings. The molecule has 1 heterocycles. The second kappa shape index (κ2) is 11.7. The van der Waals surface area contributed by atoms with E-state index in [1.165, 1.54) is 22.2 Å². The molecular weight excluding hydrogens is 491 g/mol. The molecule has 0 bridgehead atoms. The predicted octanol–water partition coefficient (Wildman–Crippen LogP) is 4.41. The summed E-state index contributed by atoms with van der Waals surface area (Å²) in [5.41, 5.74) is 4.82. The van der Waals surface area contributed by atoms with Gasteiger partial charge in [0.2, 0.25) is 0 Å². The number of para-hydroxylation sites is 1. The quantitative estimate of drug-likeness (QED) is 0.233. The van der Waals surface area contributed by atoms with Gasteiger partial charge in [0.25, 0.3) is 0 Å². The van der Waals surface area contributed by atoms with Gasteiger partial charge in [-0.05, 0) is 49.6 Å². The number of nitrogens with one attached hydrogen (secondary N) is 3. The van der Waals surface area contributed by atoms with Gasteiger partial charge in [0.15, 0.2) is 17.5 Å². The summed E-state index contributed by atoms with van der Waals surface area (Å²) in [5, 5.41) is 8.04. The molecule has 0 radical (unpaired) electrons. The minimum atomic E-state index is 0. The number of H-pyrrole nitrogens is 1. The molecule has 0 fully saturated rings. The minimum Gasteiger partial charge on any atom is -0.493 e. The minimum absolute atomic E-state index is 0. The maximum Gasteiger partial charge on any atom is 0.191 e. The molecule has 3 rings (SSSR count). The number of benzene rings is 2. The van der Waals surface area contributed by atoms with Gasteiger partial charge >= 0.3 is 0 Å². The van der Waals surface area contributed by atoms with Crippen LogP contribution in [-0.2, 0) is 13.0 Å². The Bertz CT molecular complexity index is 984. The van der Waals surface area contributed by atoms with Crippen LogP contribution >= 0.6 is 24.0 Å². The molecule has 6 nitrogen and oxygen atoms in total. The lowest BCUT2D eigenvalue weighted by atomic mass is 10.1. The Hall–Kier alpha value is -2.42. The fourth-order valence-corrected chi connectivity index (χ4v) is 3.45. The SMILES string of the molecule is CCNC(=NCc1ccc(OC)c(OC)c1)NCCc1c(C)[nH]c2ccccc12.I. The third-order valence-corrected chi connectivity index (χ3v) is 4.91. The molecule has 2 aromatic carbocycles. The predicted molar refractivity (Wildman–Crippen MR) is 135 cm³/mol. The Kier molecular flexibility index (Phi) is 9.29. The molecule has 0 unspecified atom stereocenters. The monoisotopic (exact) mass is 522 g/mol. The first kappa shape index (κ1) is 23.9. The number of hydrogen-bond donors (Lipinski definition) is 3. The zero-order valence-corrected chi connectivity index (χ0v) is 20.4. The van der Waals surface area contributed by atoms with Gasteiger partial charge in [-0.3, -0.25) is 0 Å². The summed E-state index contributed by atoms with van der Waals surface area (Å²) in [4.78, 5) is 8.17. The molecule has 30 heavy (non-hydrogen) atoms. The fourth-order valence-electron chi connectivity index (χ4n) is 3.45. The summed E-state index contributed by atoms with van der Waals surface area (Å²) >= 11 is 0. The number of rotatable bonds is 8. The molecule has 1 aromatic heterocycles. The van der Waals surface area contributed by atoms with E-state index >= 15 is 0 Å². The van der Waals surface area contributed by atoms with E-state index in [0.29, 0.717) is 12.3 Å². The second-order valence-electron chi connectivity index (χ2n) is 6.84. The molecule has 0 aliphatic rings. The number of halogens is 1. The molecular formula is C23H31IN4O2. The van der Waals surface area contributed by atoms with E-state index in [-0.39, 0.29) is 24.0 Å². The van der Waals surface area contributed by atoms with Crippen molar-refractivity contribution >= 4 is 40.8 Å². The van der Waals surface area contributed by atoms with Crippen molar-refractivity contribution in [3.05, 3.63) is 59.3 Å². The van der Waals surface area contributed by atoms with Gasteiger partial charge in [-0.2, -0.15) is 0 Å².